The van der Waals surface area contributed by atoms with Gasteiger partial charge in [0, 0.05) is 16.8 Å². The lowest BCUT2D eigenvalue weighted by atomic mass is 10.3. The summed E-state index contributed by atoms with van der Waals surface area (Å²) < 4.78 is 33.0. The number of esters is 1. The number of nitrogens with one attached hydrogen (secondary N) is 1. The third-order valence-corrected chi connectivity index (χ3v) is 5.42. The molecular weight excluding hydrogens is 390 g/mol. The molecule has 2 aromatic rings. The van der Waals surface area contributed by atoms with Crippen molar-refractivity contribution in [3.05, 3.63) is 48.5 Å². The number of methoxy groups -OCH3 is 1. The molecule has 144 valence electrons. The lowest BCUT2D eigenvalue weighted by Crippen LogP contribution is -2.21. The van der Waals surface area contributed by atoms with Gasteiger partial charge in [0.05, 0.1) is 17.8 Å². The van der Waals surface area contributed by atoms with E-state index in [9.17, 15) is 18.0 Å². The van der Waals surface area contributed by atoms with Crippen molar-refractivity contribution in [1.82, 2.24) is 0 Å². The fraction of sp³-hybridized carbons (Fsp3) is 0.222. The Balaban J connectivity index is 1.78. The maximum Gasteiger partial charge on any atom is 0.316 e. The van der Waals surface area contributed by atoms with Crippen molar-refractivity contribution in [3.8, 4) is 5.75 Å². The lowest BCUT2D eigenvalue weighted by Gasteiger charge is -2.08. The number of hydrogen-bond donors (Lipinski definition) is 1. The van der Waals surface area contributed by atoms with E-state index >= 15 is 0 Å². The predicted molar refractivity (Wildman–Crippen MR) is 103 cm³/mol. The zero-order valence-electron chi connectivity index (χ0n) is 14.8. The van der Waals surface area contributed by atoms with E-state index in [-0.39, 0.29) is 10.6 Å². The number of anilines is 1. The van der Waals surface area contributed by atoms with Crippen molar-refractivity contribution in [2.45, 2.75) is 9.79 Å². The molecule has 9 heteroatoms. The second kappa shape index (κ2) is 9.43. The minimum absolute atomic E-state index is 0.0587. The number of rotatable bonds is 8. The average Bonchev–Trinajstić information content (AvgIpc) is 2.64. The number of ether oxygens (including phenoxy) is 2. The van der Waals surface area contributed by atoms with Gasteiger partial charge in [0.15, 0.2) is 16.4 Å². The summed E-state index contributed by atoms with van der Waals surface area (Å²) in [5.41, 5.74) is 0.312. The summed E-state index contributed by atoms with van der Waals surface area (Å²) in [6.07, 6.45) is 1.08. The third-order valence-electron chi connectivity index (χ3n) is 3.33. The highest BCUT2D eigenvalue weighted by Crippen LogP contribution is 2.21. The van der Waals surface area contributed by atoms with Gasteiger partial charge in [-0.15, -0.1) is 11.8 Å². The summed E-state index contributed by atoms with van der Waals surface area (Å²) in [6.45, 7) is -0.453. The van der Waals surface area contributed by atoms with Crippen molar-refractivity contribution in [2.24, 2.45) is 0 Å². The second-order valence-corrected chi connectivity index (χ2v) is 8.54. The van der Waals surface area contributed by atoms with E-state index in [2.05, 4.69) is 5.32 Å². The standard InChI is InChI=1S/C18H19NO6S2/c1-24-14-6-8-15(9-7-14)26-12-18(21)25-11-17(20)19-13-4-3-5-16(10-13)27(2,22)23/h3-10H,11-12H2,1-2H3,(H,19,20). The number of carbonyl (C=O) groups excluding carboxylic acids is 2. The molecule has 0 aliphatic carbocycles. The average molecular weight is 409 g/mol. The summed E-state index contributed by atoms with van der Waals surface area (Å²) in [5.74, 6) is -0.304. The molecule has 1 amide bonds. The van der Waals surface area contributed by atoms with E-state index in [1.54, 1.807) is 25.3 Å². The molecule has 2 rings (SSSR count). The van der Waals surface area contributed by atoms with Gasteiger partial charge >= 0.3 is 5.97 Å². The number of benzene rings is 2. The molecule has 2 aromatic carbocycles. The molecule has 27 heavy (non-hydrogen) atoms. The van der Waals surface area contributed by atoms with Crippen LogP contribution in [0.15, 0.2) is 58.3 Å². The first-order chi connectivity index (χ1) is 12.8. The van der Waals surface area contributed by atoms with Crippen molar-refractivity contribution >= 4 is 39.2 Å². The van der Waals surface area contributed by atoms with Crippen LogP contribution >= 0.6 is 11.8 Å². The van der Waals surface area contributed by atoms with Gasteiger partial charge in [0.2, 0.25) is 0 Å². The molecule has 0 saturated heterocycles. The van der Waals surface area contributed by atoms with Crippen molar-refractivity contribution in [1.29, 1.82) is 0 Å². The molecule has 0 bridgehead atoms. The van der Waals surface area contributed by atoms with Crippen LogP contribution in [0, 0.1) is 0 Å². The zero-order valence-corrected chi connectivity index (χ0v) is 16.4. The minimum atomic E-state index is -3.37. The van der Waals surface area contributed by atoms with Gasteiger partial charge in [-0.05, 0) is 42.5 Å². The highest BCUT2D eigenvalue weighted by Gasteiger charge is 2.11. The molecule has 0 aliphatic heterocycles. The number of sulfone groups is 1. The molecule has 0 radical (unpaired) electrons. The van der Waals surface area contributed by atoms with E-state index in [1.165, 1.54) is 30.0 Å². The van der Waals surface area contributed by atoms with E-state index in [1.807, 2.05) is 12.1 Å². The van der Waals surface area contributed by atoms with Crippen molar-refractivity contribution in [2.75, 3.05) is 31.0 Å². The van der Waals surface area contributed by atoms with Gasteiger partial charge in [0.25, 0.3) is 5.91 Å². The maximum atomic E-state index is 11.9. The highest BCUT2D eigenvalue weighted by molar-refractivity contribution is 8.00. The fourth-order valence-corrected chi connectivity index (χ4v) is 3.37. The first-order valence-corrected chi connectivity index (χ1v) is 10.7. The molecule has 0 fully saturated rings. The van der Waals surface area contributed by atoms with E-state index in [4.69, 9.17) is 9.47 Å². The molecular formula is C18H19NO6S2. The smallest absolute Gasteiger partial charge is 0.316 e. The first-order valence-electron chi connectivity index (χ1n) is 7.80. The number of thioether (sulfide) groups is 1. The van der Waals surface area contributed by atoms with Crippen molar-refractivity contribution < 1.29 is 27.5 Å². The van der Waals surface area contributed by atoms with Gasteiger partial charge in [-0.3, -0.25) is 9.59 Å². The molecule has 0 aromatic heterocycles. The Bertz CT molecular complexity index is 910. The van der Waals surface area contributed by atoms with Crippen LogP contribution in [0.25, 0.3) is 0 Å². The zero-order chi connectivity index (χ0) is 19.9. The van der Waals surface area contributed by atoms with Crippen LogP contribution in [-0.2, 0) is 24.2 Å². The normalized spacial score (nSPS) is 10.9. The maximum absolute atomic E-state index is 11.9. The van der Waals surface area contributed by atoms with E-state index in [0.29, 0.717) is 5.69 Å². The largest absolute Gasteiger partial charge is 0.497 e. The molecule has 0 heterocycles. The van der Waals surface area contributed by atoms with Crippen LogP contribution in [-0.4, -0.2) is 46.0 Å². The van der Waals surface area contributed by atoms with Crippen LogP contribution in [0.4, 0.5) is 5.69 Å². The molecule has 0 unspecified atom stereocenters. The Kier molecular flexibility index (Phi) is 7.26. The predicted octanol–water partition coefficient (Wildman–Crippen LogP) is 2.37. The topological polar surface area (TPSA) is 98.8 Å². The van der Waals surface area contributed by atoms with Gasteiger partial charge in [-0.25, -0.2) is 8.42 Å². The Morgan fingerprint density at radius 3 is 2.44 bits per heavy atom. The van der Waals surface area contributed by atoms with Crippen LogP contribution in [0.1, 0.15) is 0 Å². The van der Waals surface area contributed by atoms with Crippen LogP contribution in [0.5, 0.6) is 5.75 Å². The Hall–Kier alpha value is -2.52. The van der Waals surface area contributed by atoms with Gasteiger partial charge in [-0.1, -0.05) is 6.07 Å². The molecule has 1 N–H and O–H groups in total. The van der Waals surface area contributed by atoms with Crippen molar-refractivity contribution in [3.63, 3.8) is 0 Å². The third kappa shape index (κ3) is 6.95. The molecule has 0 saturated carbocycles. The van der Waals surface area contributed by atoms with Gasteiger partial charge < -0.3 is 14.8 Å². The molecule has 0 atom stereocenters. The Morgan fingerprint density at radius 1 is 1.11 bits per heavy atom. The van der Waals surface area contributed by atoms with E-state index < -0.39 is 28.3 Å². The fourth-order valence-electron chi connectivity index (χ4n) is 2.00. The second-order valence-electron chi connectivity index (χ2n) is 5.47. The molecule has 0 spiro atoms. The summed E-state index contributed by atoms with van der Waals surface area (Å²) in [6, 6.07) is 13.0. The first kappa shape index (κ1) is 20.8. The molecule has 7 nitrogen and oxygen atoms in total. The van der Waals surface area contributed by atoms with E-state index in [0.717, 1.165) is 16.9 Å². The summed E-state index contributed by atoms with van der Waals surface area (Å²) in [5, 5.41) is 2.49. The quantitative estimate of drug-likeness (QED) is 0.528. The summed E-state index contributed by atoms with van der Waals surface area (Å²) >= 11 is 1.28. The lowest BCUT2D eigenvalue weighted by molar-refractivity contribution is -0.144. The molecule has 0 aliphatic rings. The van der Waals surface area contributed by atoms with Gasteiger partial charge in [0.1, 0.15) is 5.75 Å². The Labute approximate surface area is 162 Å². The Morgan fingerprint density at radius 2 is 1.81 bits per heavy atom. The van der Waals surface area contributed by atoms with Crippen LogP contribution in [0.2, 0.25) is 0 Å². The van der Waals surface area contributed by atoms with Crippen LogP contribution in [0.3, 0.4) is 0 Å². The highest BCUT2D eigenvalue weighted by atomic mass is 32.2. The summed E-state index contributed by atoms with van der Waals surface area (Å²) in [7, 11) is -1.80. The number of hydrogen-bond acceptors (Lipinski definition) is 7. The van der Waals surface area contributed by atoms with Gasteiger partial charge in [-0.2, -0.15) is 0 Å². The SMILES string of the molecule is COc1ccc(SCC(=O)OCC(=O)Nc2cccc(S(C)(=O)=O)c2)cc1. The number of carbonyl (C=O) groups is 2. The number of amides is 1. The van der Waals surface area contributed by atoms with Crippen LogP contribution < -0.4 is 10.1 Å². The summed E-state index contributed by atoms with van der Waals surface area (Å²) in [4.78, 5) is 24.6. The minimum Gasteiger partial charge on any atom is -0.497 e. The monoisotopic (exact) mass is 409 g/mol.